The van der Waals surface area contributed by atoms with Crippen LogP contribution in [0.1, 0.15) is 52.7 Å². The second-order valence-electron chi connectivity index (χ2n) is 13.4. The number of nitrogens with zero attached hydrogens (tertiary/aromatic N) is 1. The molecule has 0 spiro atoms. The highest BCUT2D eigenvalue weighted by Crippen LogP contribution is 2.36. The van der Waals surface area contributed by atoms with Gasteiger partial charge in [-0.25, -0.2) is 0 Å². The summed E-state index contributed by atoms with van der Waals surface area (Å²) < 4.78 is 0. The molecule has 42 heavy (non-hydrogen) atoms. The summed E-state index contributed by atoms with van der Waals surface area (Å²) in [5.41, 5.74) is 12.3. The number of pyridine rings is 1. The van der Waals surface area contributed by atoms with Gasteiger partial charge in [0, 0.05) is 17.1 Å². The molecule has 0 amide bonds. The smallest absolute Gasteiger partial charge is 0.0780 e. The summed E-state index contributed by atoms with van der Waals surface area (Å²) in [6, 6.07) is 44.5. The van der Waals surface area contributed by atoms with Crippen LogP contribution in [0.4, 0.5) is 0 Å². The van der Waals surface area contributed by atoms with Crippen molar-refractivity contribution in [2.45, 2.75) is 52.4 Å². The van der Waals surface area contributed by atoms with Gasteiger partial charge in [-0.05, 0) is 91.1 Å². The summed E-state index contributed by atoms with van der Waals surface area (Å²) in [6.45, 7) is 13.6. The van der Waals surface area contributed by atoms with Crippen LogP contribution in [-0.2, 0) is 10.8 Å². The van der Waals surface area contributed by atoms with E-state index in [2.05, 4.69) is 163 Å². The minimum Gasteiger partial charge on any atom is -0.256 e. The maximum Gasteiger partial charge on any atom is 0.0780 e. The van der Waals surface area contributed by atoms with Crippen molar-refractivity contribution in [1.82, 2.24) is 4.98 Å². The van der Waals surface area contributed by atoms with E-state index in [1.165, 1.54) is 55.3 Å². The first-order valence-corrected chi connectivity index (χ1v) is 14.9. The van der Waals surface area contributed by atoms with Crippen molar-refractivity contribution in [2.24, 2.45) is 0 Å². The van der Waals surface area contributed by atoms with Gasteiger partial charge in [0.1, 0.15) is 0 Å². The van der Waals surface area contributed by atoms with E-state index in [9.17, 15) is 0 Å². The first-order chi connectivity index (χ1) is 20.1. The third kappa shape index (κ3) is 5.65. The molecule has 0 saturated carbocycles. The standard InChI is InChI=1S/C41H39N/c1-40(2,3)36-18-14-28(15-19-36)33-25-34(29-16-20-37(21-17-29)41(4,5)6)27-35(26-33)31-11-9-12-32(24-31)39-38-13-8-7-10-30(38)22-23-42-39/h7-27H,1-6H3. The molecule has 0 N–H and O–H groups in total. The fourth-order valence-corrected chi connectivity index (χ4v) is 5.65. The van der Waals surface area contributed by atoms with Crippen LogP contribution in [0.2, 0.25) is 0 Å². The van der Waals surface area contributed by atoms with Crippen molar-refractivity contribution in [3.05, 3.63) is 139 Å². The van der Waals surface area contributed by atoms with E-state index in [4.69, 9.17) is 4.98 Å². The normalized spacial score (nSPS) is 12.0. The minimum absolute atomic E-state index is 0.121. The first kappa shape index (κ1) is 27.7. The molecule has 1 nitrogen and oxygen atoms in total. The van der Waals surface area contributed by atoms with Crippen molar-refractivity contribution < 1.29 is 0 Å². The molecule has 5 aromatic carbocycles. The lowest BCUT2D eigenvalue weighted by Crippen LogP contribution is -2.10. The van der Waals surface area contributed by atoms with E-state index >= 15 is 0 Å². The summed E-state index contributed by atoms with van der Waals surface area (Å²) in [6.07, 6.45) is 1.91. The van der Waals surface area contributed by atoms with E-state index < -0.39 is 0 Å². The molecule has 6 aromatic rings. The molecule has 0 saturated heterocycles. The lowest BCUT2D eigenvalue weighted by molar-refractivity contribution is 0.590. The fourth-order valence-electron chi connectivity index (χ4n) is 5.65. The Hall–Kier alpha value is -4.49. The van der Waals surface area contributed by atoms with E-state index in [-0.39, 0.29) is 10.8 Å². The van der Waals surface area contributed by atoms with Crippen LogP contribution in [0.25, 0.3) is 55.4 Å². The van der Waals surface area contributed by atoms with Gasteiger partial charge in [0.05, 0.1) is 5.69 Å². The highest BCUT2D eigenvalue weighted by atomic mass is 14.7. The molecule has 0 radical (unpaired) electrons. The Labute approximate surface area is 250 Å². The summed E-state index contributed by atoms with van der Waals surface area (Å²) in [4.78, 5) is 4.80. The Morgan fingerprint density at radius 2 is 0.881 bits per heavy atom. The molecule has 0 aliphatic carbocycles. The van der Waals surface area contributed by atoms with Crippen LogP contribution in [0.3, 0.4) is 0 Å². The zero-order valence-corrected chi connectivity index (χ0v) is 25.6. The van der Waals surface area contributed by atoms with E-state index in [1.54, 1.807) is 0 Å². The fraction of sp³-hybridized carbons (Fsp3) is 0.195. The number of fused-ring (bicyclic) bond motifs is 1. The zero-order chi connectivity index (χ0) is 29.5. The van der Waals surface area contributed by atoms with Crippen LogP contribution >= 0.6 is 0 Å². The SMILES string of the molecule is CC(C)(C)c1ccc(-c2cc(-c3ccc(C(C)(C)C)cc3)cc(-c3cccc(-c4nccc5ccccc45)c3)c2)cc1. The van der Waals surface area contributed by atoms with Gasteiger partial charge < -0.3 is 0 Å². The van der Waals surface area contributed by atoms with Gasteiger partial charge in [0.2, 0.25) is 0 Å². The van der Waals surface area contributed by atoms with Gasteiger partial charge in [0.15, 0.2) is 0 Å². The second kappa shape index (κ2) is 10.7. The Morgan fingerprint density at radius 3 is 1.43 bits per heavy atom. The molecule has 0 bridgehead atoms. The van der Waals surface area contributed by atoms with E-state index in [0.717, 1.165) is 11.3 Å². The third-order valence-corrected chi connectivity index (χ3v) is 8.24. The van der Waals surface area contributed by atoms with Gasteiger partial charge >= 0.3 is 0 Å². The highest BCUT2D eigenvalue weighted by Gasteiger charge is 2.16. The van der Waals surface area contributed by atoms with Gasteiger partial charge in [0.25, 0.3) is 0 Å². The molecule has 6 rings (SSSR count). The average molecular weight is 546 g/mol. The van der Waals surface area contributed by atoms with Crippen LogP contribution in [-0.4, -0.2) is 4.98 Å². The number of rotatable bonds is 4. The maximum atomic E-state index is 4.80. The quantitative estimate of drug-likeness (QED) is 0.215. The monoisotopic (exact) mass is 545 g/mol. The number of aromatic nitrogens is 1. The molecule has 0 aliphatic rings. The van der Waals surface area contributed by atoms with Crippen molar-refractivity contribution >= 4 is 10.8 Å². The van der Waals surface area contributed by atoms with Crippen LogP contribution in [0.15, 0.2) is 128 Å². The highest BCUT2D eigenvalue weighted by molar-refractivity contribution is 5.95. The van der Waals surface area contributed by atoms with Crippen molar-refractivity contribution in [3.8, 4) is 44.6 Å². The lowest BCUT2D eigenvalue weighted by Gasteiger charge is -2.20. The molecular weight excluding hydrogens is 506 g/mol. The number of benzene rings is 5. The number of hydrogen-bond acceptors (Lipinski definition) is 1. The molecule has 208 valence electrons. The average Bonchev–Trinajstić information content (AvgIpc) is 3.00. The van der Waals surface area contributed by atoms with E-state index in [0.29, 0.717) is 0 Å². The van der Waals surface area contributed by atoms with Gasteiger partial charge in [-0.15, -0.1) is 0 Å². The Morgan fingerprint density at radius 1 is 0.405 bits per heavy atom. The number of hydrogen-bond donors (Lipinski definition) is 0. The predicted octanol–water partition coefficient (Wildman–Crippen LogP) is 11.5. The molecular formula is C41H39N. The predicted molar refractivity (Wildman–Crippen MR) is 181 cm³/mol. The van der Waals surface area contributed by atoms with Crippen LogP contribution in [0, 0.1) is 0 Å². The van der Waals surface area contributed by atoms with Crippen molar-refractivity contribution in [1.29, 1.82) is 0 Å². The first-order valence-electron chi connectivity index (χ1n) is 14.9. The van der Waals surface area contributed by atoms with Crippen molar-refractivity contribution in [3.63, 3.8) is 0 Å². The molecule has 0 aliphatic heterocycles. The Balaban J connectivity index is 1.49. The Bertz CT molecular complexity index is 1780. The van der Waals surface area contributed by atoms with Gasteiger partial charge in [-0.2, -0.15) is 0 Å². The van der Waals surface area contributed by atoms with Crippen molar-refractivity contribution in [2.75, 3.05) is 0 Å². The third-order valence-electron chi connectivity index (χ3n) is 8.24. The maximum absolute atomic E-state index is 4.80. The van der Waals surface area contributed by atoms with Crippen LogP contribution in [0.5, 0.6) is 0 Å². The molecule has 1 heteroatoms. The second-order valence-corrected chi connectivity index (χ2v) is 13.4. The largest absolute Gasteiger partial charge is 0.256 e. The lowest BCUT2D eigenvalue weighted by atomic mass is 9.85. The minimum atomic E-state index is 0.121. The van der Waals surface area contributed by atoms with Gasteiger partial charge in [-0.3, -0.25) is 4.98 Å². The van der Waals surface area contributed by atoms with Gasteiger partial charge in [-0.1, -0.05) is 133 Å². The molecule has 0 atom stereocenters. The summed E-state index contributed by atoms with van der Waals surface area (Å²) >= 11 is 0. The van der Waals surface area contributed by atoms with Crippen LogP contribution < -0.4 is 0 Å². The molecule has 1 heterocycles. The molecule has 1 aromatic heterocycles. The molecule has 0 fully saturated rings. The zero-order valence-electron chi connectivity index (χ0n) is 25.6. The summed E-state index contributed by atoms with van der Waals surface area (Å²) in [5, 5.41) is 2.37. The topological polar surface area (TPSA) is 12.9 Å². The molecule has 0 unspecified atom stereocenters. The summed E-state index contributed by atoms with van der Waals surface area (Å²) in [7, 11) is 0. The summed E-state index contributed by atoms with van der Waals surface area (Å²) in [5.74, 6) is 0. The van der Waals surface area contributed by atoms with E-state index in [1.807, 2.05) is 6.20 Å². The Kier molecular flexibility index (Phi) is 7.07.